The highest BCUT2D eigenvalue weighted by Gasteiger charge is 2.17. The minimum Gasteiger partial charge on any atom is -0.368 e. The third-order valence-corrected chi connectivity index (χ3v) is 4.57. The van der Waals surface area contributed by atoms with Crippen molar-refractivity contribution in [2.75, 3.05) is 19.3 Å². The van der Waals surface area contributed by atoms with E-state index in [0.717, 1.165) is 41.1 Å². The van der Waals surface area contributed by atoms with Crippen LogP contribution in [0.4, 0.5) is 5.95 Å². The second-order valence-electron chi connectivity index (χ2n) is 6.38. The first-order chi connectivity index (χ1) is 13.2. The molecule has 0 unspecified atom stereocenters. The Morgan fingerprint density at radius 1 is 0.963 bits per heavy atom. The molecule has 0 aliphatic heterocycles. The summed E-state index contributed by atoms with van der Waals surface area (Å²) < 4.78 is 1.94. The Labute approximate surface area is 157 Å². The maximum absolute atomic E-state index is 5.99. The lowest BCUT2D eigenvalue weighted by Gasteiger charge is -2.06. The zero-order valence-electron chi connectivity index (χ0n) is 15.3. The first-order valence-corrected chi connectivity index (χ1v) is 8.81. The van der Waals surface area contributed by atoms with Crippen LogP contribution >= 0.6 is 0 Å². The molecule has 0 amide bonds. The average Bonchev–Trinajstić information content (AvgIpc) is 3.03. The van der Waals surface area contributed by atoms with E-state index in [1.165, 1.54) is 5.56 Å². The van der Waals surface area contributed by atoms with Gasteiger partial charge in [-0.05, 0) is 37.7 Å². The predicted octanol–water partition coefficient (Wildman–Crippen LogP) is 2.44. The van der Waals surface area contributed by atoms with Crippen LogP contribution in [0.15, 0.2) is 48.8 Å². The van der Waals surface area contributed by atoms with Crippen LogP contribution in [0.5, 0.6) is 0 Å². The number of nitrogens with zero attached hydrogens (tertiary/aromatic N) is 5. The number of nitrogen functional groups attached to an aromatic ring is 1. The van der Waals surface area contributed by atoms with E-state index in [4.69, 9.17) is 10.7 Å². The highest BCUT2D eigenvalue weighted by atomic mass is 15.2. The minimum absolute atomic E-state index is 0.237. The maximum atomic E-state index is 5.99. The summed E-state index contributed by atoms with van der Waals surface area (Å²) in [6.45, 7) is 0.944. The van der Waals surface area contributed by atoms with Crippen LogP contribution < -0.4 is 11.1 Å². The van der Waals surface area contributed by atoms with Crippen molar-refractivity contribution in [3.05, 3.63) is 54.4 Å². The molecule has 0 aliphatic carbocycles. The van der Waals surface area contributed by atoms with Gasteiger partial charge in [0.1, 0.15) is 17.0 Å². The van der Waals surface area contributed by atoms with Gasteiger partial charge < -0.3 is 15.6 Å². The van der Waals surface area contributed by atoms with E-state index in [1.807, 2.05) is 30.8 Å². The summed E-state index contributed by atoms with van der Waals surface area (Å²) in [6, 6.07) is 12.2. The average molecular weight is 359 g/mol. The van der Waals surface area contributed by atoms with Gasteiger partial charge in [-0.15, -0.1) is 0 Å². The Morgan fingerprint density at radius 3 is 2.41 bits per heavy atom. The molecule has 0 fully saturated rings. The fraction of sp³-hybridized carbons (Fsp3) is 0.200. The molecule has 1 aromatic carbocycles. The Balaban J connectivity index is 1.83. The van der Waals surface area contributed by atoms with Gasteiger partial charge in [0.25, 0.3) is 0 Å². The maximum Gasteiger partial charge on any atom is 0.222 e. The topological polar surface area (TPSA) is 94.5 Å². The van der Waals surface area contributed by atoms with Crippen molar-refractivity contribution < 1.29 is 0 Å². The number of anilines is 1. The molecular weight excluding hydrogens is 338 g/mol. The van der Waals surface area contributed by atoms with E-state index in [0.29, 0.717) is 5.65 Å². The number of aromatic nitrogens is 5. The van der Waals surface area contributed by atoms with E-state index >= 15 is 0 Å². The molecule has 7 nitrogen and oxygen atoms in total. The summed E-state index contributed by atoms with van der Waals surface area (Å²) in [5, 5.41) is 3.16. The molecule has 7 heteroatoms. The van der Waals surface area contributed by atoms with Crippen LogP contribution in [-0.4, -0.2) is 38.1 Å². The summed E-state index contributed by atoms with van der Waals surface area (Å²) in [6.07, 6.45) is 4.48. The number of nitrogens with two attached hydrogens (primary N) is 1. The quantitative estimate of drug-likeness (QED) is 0.568. The van der Waals surface area contributed by atoms with Crippen molar-refractivity contribution in [3.8, 4) is 22.6 Å². The largest absolute Gasteiger partial charge is 0.368 e. The van der Waals surface area contributed by atoms with Crippen LogP contribution in [0.1, 0.15) is 5.56 Å². The van der Waals surface area contributed by atoms with Gasteiger partial charge in [-0.3, -0.25) is 4.98 Å². The molecule has 3 heterocycles. The second-order valence-corrected chi connectivity index (χ2v) is 6.38. The third-order valence-electron chi connectivity index (χ3n) is 4.57. The molecule has 27 heavy (non-hydrogen) atoms. The summed E-state index contributed by atoms with van der Waals surface area (Å²) in [4.78, 5) is 17.8. The van der Waals surface area contributed by atoms with Gasteiger partial charge in [0.15, 0.2) is 5.65 Å². The molecule has 4 aromatic rings. The molecule has 0 spiro atoms. The lowest BCUT2D eigenvalue weighted by atomic mass is 10.1. The lowest BCUT2D eigenvalue weighted by molar-refractivity contribution is 0.792. The number of hydrogen-bond donors (Lipinski definition) is 2. The smallest absolute Gasteiger partial charge is 0.222 e. The highest BCUT2D eigenvalue weighted by Crippen LogP contribution is 2.30. The highest BCUT2D eigenvalue weighted by molar-refractivity contribution is 5.90. The van der Waals surface area contributed by atoms with Gasteiger partial charge in [0.2, 0.25) is 5.95 Å². The molecule has 4 rings (SSSR count). The van der Waals surface area contributed by atoms with Crippen LogP contribution in [0.25, 0.3) is 33.8 Å². The zero-order chi connectivity index (χ0) is 18.8. The Hall–Kier alpha value is -3.32. The zero-order valence-corrected chi connectivity index (χ0v) is 15.3. The van der Waals surface area contributed by atoms with Gasteiger partial charge in [-0.2, -0.15) is 4.98 Å². The molecule has 0 saturated carbocycles. The van der Waals surface area contributed by atoms with Gasteiger partial charge in [0.05, 0.1) is 0 Å². The SMILES string of the molecule is CNCCc1ccc(-c2nc(N)nc3c2nc(-c2ccncc2)n3C)cc1. The third kappa shape index (κ3) is 3.24. The number of pyridine rings is 1. The standard InChI is InChI=1S/C20H21N7/c1-22-10-7-13-3-5-14(6-4-13)16-17-19(26-20(21)25-16)27(2)18(24-17)15-8-11-23-12-9-15/h3-6,8-9,11-12,22H,7,10H2,1-2H3,(H2,21,25,26). The minimum atomic E-state index is 0.237. The first kappa shape index (κ1) is 17.1. The van der Waals surface area contributed by atoms with Gasteiger partial charge in [-0.1, -0.05) is 24.3 Å². The van der Waals surface area contributed by atoms with E-state index in [2.05, 4.69) is 44.5 Å². The number of likely N-dealkylation sites (N-methyl/N-ethyl adjacent to an activating group) is 1. The van der Waals surface area contributed by atoms with E-state index in [9.17, 15) is 0 Å². The second kappa shape index (κ2) is 7.13. The van der Waals surface area contributed by atoms with Crippen LogP contribution in [-0.2, 0) is 13.5 Å². The van der Waals surface area contributed by atoms with E-state index < -0.39 is 0 Å². The van der Waals surface area contributed by atoms with Crippen molar-refractivity contribution in [3.63, 3.8) is 0 Å². The van der Waals surface area contributed by atoms with E-state index in [-0.39, 0.29) is 5.95 Å². The Morgan fingerprint density at radius 2 is 1.70 bits per heavy atom. The summed E-state index contributed by atoms with van der Waals surface area (Å²) in [5.41, 5.74) is 11.4. The normalized spacial score (nSPS) is 11.2. The Kier molecular flexibility index (Phi) is 4.52. The molecule has 0 saturated heterocycles. The molecule has 136 valence electrons. The van der Waals surface area contributed by atoms with Gasteiger partial charge in [0, 0.05) is 30.6 Å². The number of hydrogen-bond acceptors (Lipinski definition) is 6. The van der Waals surface area contributed by atoms with Crippen molar-refractivity contribution in [1.82, 2.24) is 29.8 Å². The number of aryl methyl sites for hydroxylation is 1. The van der Waals surface area contributed by atoms with Crippen LogP contribution in [0.2, 0.25) is 0 Å². The fourth-order valence-electron chi connectivity index (χ4n) is 3.14. The number of fused-ring (bicyclic) bond motifs is 1. The van der Waals surface area contributed by atoms with Crippen molar-refractivity contribution >= 4 is 17.1 Å². The van der Waals surface area contributed by atoms with Gasteiger partial charge >= 0.3 is 0 Å². The van der Waals surface area contributed by atoms with Crippen LogP contribution in [0, 0.1) is 0 Å². The molecule has 0 radical (unpaired) electrons. The fourth-order valence-corrected chi connectivity index (χ4v) is 3.14. The van der Waals surface area contributed by atoms with Crippen LogP contribution in [0.3, 0.4) is 0 Å². The molecule has 3 N–H and O–H groups in total. The van der Waals surface area contributed by atoms with Crippen molar-refractivity contribution in [2.24, 2.45) is 7.05 Å². The molecule has 0 aliphatic rings. The summed E-state index contributed by atoms with van der Waals surface area (Å²) in [7, 11) is 3.89. The molecule has 0 bridgehead atoms. The lowest BCUT2D eigenvalue weighted by Crippen LogP contribution is -2.10. The number of rotatable bonds is 5. The number of nitrogens with one attached hydrogen (secondary N) is 1. The van der Waals surface area contributed by atoms with Gasteiger partial charge in [-0.25, -0.2) is 9.97 Å². The summed E-state index contributed by atoms with van der Waals surface area (Å²) >= 11 is 0. The molecule has 0 atom stereocenters. The van der Waals surface area contributed by atoms with E-state index in [1.54, 1.807) is 12.4 Å². The Bertz CT molecular complexity index is 1070. The molecular formula is C20H21N7. The van der Waals surface area contributed by atoms with Crippen molar-refractivity contribution in [2.45, 2.75) is 6.42 Å². The monoisotopic (exact) mass is 359 g/mol. The molecule has 3 aromatic heterocycles. The van der Waals surface area contributed by atoms with Crippen molar-refractivity contribution in [1.29, 1.82) is 0 Å². The number of imidazole rings is 1. The first-order valence-electron chi connectivity index (χ1n) is 8.81. The number of benzene rings is 1. The summed E-state index contributed by atoms with van der Waals surface area (Å²) in [5.74, 6) is 1.04. The predicted molar refractivity (Wildman–Crippen MR) is 107 cm³/mol.